The lowest BCUT2D eigenvalue weighted by Gasteiger charge is -2.22. The molecule has 0 unspecified atom stereocenters. The highest BCUT2D eigenvalue weighted by Crippen LogP contribution is 2.42. The summed E-state index contributed by atoms with van der Waals surface area (Å²) in [6, 6.07) is 19.5. The Morgan fingerprint density at radius 3 is 2.58 bits per heavy atom. The molecule has 31 heavy (non-hydrogen) atoms. The largest absolute Gasteiger partial charge is 0.454 e. The van der Waals surface area contributed by atoms with Crippen LogP contribution in [0.3, 0.4) is 0 Å². The number of aromatic nitrogens is 1. The average molecular weight is 422 g/mol. The second-order valence-corrected chi connectivity index (χ2v) is 10.2. The van der Waals surface area contributed by atoms with Crippen molar-refractivity contribution in [1.29, 1.82) is 0 Å². The SMILES string of the molecule is Cc1csc2c1ccc1oc3c(-c4cc(C(C)(C)C)c5ccccc5c4)nccc3c12. The second kappa shape index (κ2) is 6.41. The molecule has 0 aliphatic carbocycles. The van der Waals surface area contributed by atoms with Gasteiger partial charge in [0.15, 0.2) is 5.58 Å². The van der Waals surface area contributed by atoms with Crippen LogP contribution in [0.25, 0.3) is 54.1 Å². The fourth-order valence-electron chi connectivity index (χ4n) is 4.68. The van der Waals surface area contributed by atoms with Gasteiger partial charge in [-0.15, -0.1) is 11.3 Å². The topological polar surface area (TPSA) is 26.0 Å². The zero-order chi connectivity index (χ0) is 21.3. The van der Waals surface area contributed by atoms with Gasteiger partial charge in [-0.05, 0) is 75.3 Å². The number of pyridine rings is 1. The van der Waals surface area contributed by atoms with E-state index in [0.717, 1.165) is 27.8 Å². The molecule has 0 amide bonds. The minimum absolute atomic E-state index is 0.0258. The maximum atomic E-state index is 6.44. The van der Waals surface area contributed by atoms with Gasteiger partial charge < -0.3 is 4.42 Å². The summed E-state index contributed by atoms with van der Waals surface area (Å²) in [5, 5.41) is 8.40. The predicted molar refractivity (Wildman–Crippen MR) is 133 cm³/mol. The summed E-state index contributed by atoms with van der Waals surface area (Å²) in [5.41, 5.74) is 6.47. The average Bonchev–Trinajstić information content (AvgIpc) is 3.32. The first-order chi connectivity index (χ1) is 14.9. The van der Waals surface area contributed by atoms with Crippen LogP contribution in [0.5, 0.6) is 0 Å². The van der Waals surface area contributed by atoms with Crippen molar-refractivity contribution in [3.05, 3.63) is 77.3 Å². The summed E-state index contributed by atoms with van der Waals surface area (Å²) in [5.74, 6) is 0. The van der Waals surface area contributed by atoms with E-state index in [-0.39, 0.29) is 5.41 Å². The molecule has 0 bridgehead atoms. The van der Waals surface area contributed by atoms with Gasteiger partial charge in [-0.1, -0.05) is 45.0 Å². The molecule has 0 radical (unpaired) electrons. The maximum absolute atomic E-state index is 6.44. The Bertz CT molecular complexity index is 1630. The van der Waals surface area contributed by atoms with E-state index in [2.05, 4.69) is 87.7 Å². The first-order valence-corrected chi connectivity index (χ1v) is 11.5. The van der Waals surface area contributed by atoms with Crippen molar-refractivity contribution in [2.75, 3.05) is 0 Å². The van der Waals surface area contributed by atoms with Crippen LogP contribution in [0.2, 0.25) is 0 Å². The molecule has 0 atom stereocenters. The number of fused-ring (bicyclic) bond motifs is 6. The molecule has 6 rings (SSSR count). The minimum Gasteiger partial charge on any atom is -0.454 e. The first-order valence-electron chi connectivity index (χ1n) is 10.6. The fraction of sp³-hybridized carbons (Fsp3) is 0.179. The van der Waals surface area contributed by atoms with Gasteiger partial charge in [-0.2, -0.15) is 0 Å². The normalized spacial score (nSPS) is 12.5. The van der Waals surface area contributed by atoms with Crippen molar-refractivity contribution in [2.45, 2.75) is 33.1 Å². The van der Waals surface area contributed by atoms with Gasteiger partial charge in [0.05, 0.1) is 0 Å². The molecule has 0 aliphatic rings. The van der Waals surface area contributed by atoms with E-state index in [4.69, 9.17) is 9.40 Å². The van der Waals surface area contributed by atoms with Crippen LogP contribution in [0.1, 0.15) is 31.9 Å². The quantitative estimate of drug-likeness (QED) is 0.265. The van der Waals surface area contributed by atoms with Crippen LogP contribution in [0, 0.1) is 6.92 Å². The lowest BCUT2D eigenvalue weighted by Crippen LogP contribution is -2.12. The number of aryl methyl sites for hydroxylation is 1. The van der Waals surface area contributed by atoms with Gasteiger partial charge in [0, 0.05) is 27.2 Å². The molecule has 0 spiro atoms. The number of thiophene rings is 1. The van der Waals surface area contributed by atoms with Crippen LogP contribution in [0.15, 0.2) is 70.6 Å². The predicted octanol–water partition coefficient (Wildman–Crippen LogP) is 8.62. The molecule has 0 saturated heterocycles. The zero-order valence-corrected chi connectivity index (χ0v) is 18.9. The summed E-state index contributed by atoms with van der Waals surface area (Å²) in [4.78, 5) is 4.80. The van der Waals surface area contributed by atoms with E-state index >= 15 is 0 Å². The zero-order valence-electron chi connectivity index (χ0n) is 18.1. The van der Waals surface area contributed by atoms with Crippen molar-refractivity contribution in [2.24, 2.45) is 0 Å². The first kappa shape index (κ1) is 18.6. The minimum atomic E-state index is 0.0258. The number of hydrogen-bond acceptors (Lipinski definition) is 3. The van der Waals surface area contributed by atoms with Crippen LogP contribution < -0.4 is 0 Å². The van der Waals surface area contributed by atoms with E-state index in [9.17, 15) is 0 Å². The van der Waals surface area contributed by atoms with Crippen molar-refractivity contribution in [3.8, 4) is 11.3 Å². The van der Waals surface area contributed by atoms with Crippen LogP contribution in [-0.4, -0.2) is 4.98 Å². The third kappa shape index (κ3) is 2.73. The molecule has 0 N–H and O–H groups in total. The smallest absolute Gasteiger partial charge is 0.161 e. The lowest BCUT2D eigenvalue weighted by atomic mass is 9.82. The Hall–Kier alpha value is -3.17. The number of rotatable bonds is 1. The fourth-order valence-corrected chi connectivity index (χ4v) is 5.79. The Labute approximate surface area is 185 Å². The molecule has 0 fully saturated rings. The Balaban J connectivity index is 1.71. The standard InChI is InChI=1S/C28H23NOS/c1-16-15-31-27-19(16)9-10-23-24(27)21-11-12-29-25(26(21)30-23)18-13-17-7-5-6-8-20(17)22(14-18)28(2,3)4/h5-15H,1-4H3. The third-order valence-electron chi connectivity index (χ3n) is 6.23. The van der Waals surface area contributed by atoms with Gasteiger partial charge in [-0.3, -0.25) is 4.98 Å². The highest BCUT2D eigenvalue weighted by molar-refractivity contribution is 7.18. The Morgan fingerprint density at radius 2 is 1.74 bits per heavy atom. The van der Waals surface area contributed by atoms with E-state index in [1.807, 2.05) is 6.20 Å². The van der Waals surface area contributed by atoms with Crippen LogP contribution >= 0.6 is 11.3 Å². The van der Waals surface area contributed by atoms with Crippen molar-refractivity contribution >= 4 is 54.1 Å². The van der Waals surface area contributed by atoms with Crippen molar-refractivity contribution < 1.29 is 4.42 Å². The number of hydrogen-bond donors (Lipinski definition) is 0. The third-order valence-corrected chi connectivity index (χ3v) is 7.36. The summed E-state index contributed by atoms with van der Waals surface area (Å²) in [6.07, 6.45) is 1.91. The van der Waals surface area contributed by atoms with Crippen molar-refractivity contribution in [3.63, 3.8) is 0 Å². The summed E-state index contributed by atoms with van der Waals surface area (Å²) in [6.45, 7) is 8.97. The van der Waals surface area contributed by atoms with Gasteiger partial charge in [0.1, 0.15) is 11.3 Å². The molecule has 6 aromatic rings. The van der Waals surface area contributed by atoms with E-state index < -0.39 is 0 Å². The van der Waals surface area contributed by atoms with E-state index in [0.29, 0.717) is 0 Å². The van der Waals surface area contributed by atoms with Crippen molar-refractivity contribution in [1.82, 2.24) is 4.98 Å². The molecular formula is C28H23NOS. The maximum Gasteiger partial charge on any atom is 0.161 e. The summed E-state index contributed by atoms with van der Waals surface area (Å²) < 4.78 is 7.73. The lowest BCUT2D eigenvalue weighted by molar-refractivity contribution is 0.596. The van der Waals surface area contributed by atoms with Gasteiger partial charge in [-0.25, -0.2) is 0 Å². The number of nitrogens with zero attached hydrogens (tertiary/aromatic N) is 1. The number of benzene rings is 3. The van der Waals surface area contributed by atoms with Crippen LogP contribution in [0.4, 0.5) is 0 Å². The van der Waals surface area contributed by atoms with Crippen LogP contribution in [-0.2, 0) is 5.41 Å². The Morgan fingerprint density at radius 1 is 0.903 bits per heavy atom. The van der Waals surface area contributed by atoms with Gasteiger partial charge >= 0.3 is 0 Å². The molecular weight excluding hydrogens is 398 g/mol. The summed E-state index contributed by atoms with van der Waals surface area (Å²) >= 11 is 1.79. The number of furan rings is 1. The Kier molecular flexibility index (Phi) is 3.85. The molecule has 2 nitrogen and oxygen atoms in total. The van der Waals surface area contributed by atoms with E-state index in [1.165, 1.54) is 37.4 Å². The molecule has 3 aromatic carbocycles. The van der Waals surface area contributed by atoms with E-state index in [1.54, 1.807) is 11.3 Å². The van der Waals surface area contributed by atoms with Gasteiger partial charge in [0.2, 0.25) is 0 Å². The molecule has 0 saturated carbocycles. The molecule has 3 heterocycles. The molecule has 152 valence electrons. The van der Waals surface area contributed by atoms with Gasteiger partial charge in [0.25, 0.3) is 0 Å². The highest BCUT2D eigenvalue weighted by atomic mass is 32.1. The highest BCUT2D eigenvalue weighted by Gasteiger charge is 2.21. The summed E-state index contributed by atoms with van der Waals surface area (Å²) in [7, 11) is 0. The molecule has 3 heteroatoms. The monoisotopic (exact) mass is 421 g/mol. The second-order valence-electron chi connectivity index (χ2n) is 9.37. The molecule has 0 aliphatic heterocycles. The molecule has 3 aromatic heterocycles.